The minimum absolute atomic E-state index is 0.425. The van der Waals surface area contributed by atoms with E-state index in [9.17, 15) is 23.3 Å². The molecule has 0 aliphatic carbocycles. The summed E-state index contributed by atoms with van der Waals surface area (Å²) in [6.07, 6.45) is -4.45. The summed E-state index contributed by atoms with van der Waals surface area (Å²) >= 11 is 0. The van der Waals surface area contributed by atoms with Crippen LogP contribution in [0.1, 0.15) is 5.69 Å². The first-order valence-electron chi connectivity index (χ1n) is 4.37. The number of rotatable bonds is 4. The number of halogens is 3. The molecule has 0 amide bonds. The van der Waals surface area contributed by atoms with Gasteiger partial charge in [0, 0.05) is 0 Å². The fourth-order valence-corrected chi connectivity index (χ4v) is 1.20. The van der Waals surface area contributed by atoms with Crippen LogP contribution in [0.5, 0.6) is 11.5 Å². The van der Waals surface area contributed by atoms with E-state index in [1.165, 1.54) is 0 Å². The van der Waals surface area contributed by atoms with E-state index in [1.54, 1.807) is 0 Å². The van der Waals surface area contributed by atoms with Crippen molar-refractivity contribution in [3.05, 3.63) is 22.0 Å². The summed E-state index contributed by atoms with van der Waals surface area (Å²) < 4.78 is 44.2. The highest BCUT2D eigenvalue weighted by molar-refractivity contribution is 5.57. The van der Waals surface area contributed by atoms with E-state index in [2.05, 4.69) is 14.5 Å². The van der Waals surface area contributed by atoms with E-state index >= 15 is 0 Å². The normalized spacial score (nSPS) is 11.2. The van der Waals surface area contributed by atoms with Crippen LogP contribution in [-0.4, -0.2) is 28.5 Å². The van der Waals surface area contributed by atoms with E-state index in [1.807, 2.05) is 0 Å². The van der Waals surface area contributed by atoms with Crippen molar-refractivity contribution in [3.63, 3.8) is 0 Å². The van der Waals surface area contributed by atoms with Gasteiger partial charge in [0.05, 0.1) is 24.8 Å². The molecule has 10 heteroatoms. The van der Waals surface area contributed by atoms with Crippen LogP contribution in [0.2, 0.25) is 0 Å². The smallest absolute Gasteiger partial charge is 0.487 e. The second-order valence-corrected chi connectivity index (χ2v) is 2.91. The molecule has 0 atom stereocenters. The first-order chi connectivity index (χ1) is 8.30. The second-order valence-electron chi connectivity index (χ2n) is 2.91. The van der Waals surface area contributed by atoms with Crippen molar-refractivity contribution in [2.45, 2.75) is 13.0 Å². The molecule has 0 radical (unpaired) electrons. The number of aliphatic hydroxyl groups excluding tert-OH is 1. The van der Waals surface area contributed by atoms with Crippen molar-refractivity contribution in [2.24, 2.45) is 0 Å². The molecule has 0 unspecified atom stereocenters. The molecule has 0 aromatic carbocycles. The van der Waals surface area contributed by atoms with Crippen LogP contribution < -0.4 is 9.47 Å². The van der Waals surface area contributed by atoms with E-state index in [0.717, 1.165) is 7.11 Å². The Morgan fingerprint density at radius 2 is 2.17 bits per heavy atom. The molecule has 0 saturated carbocycles. The Morgan fingerprint density at radius 3 is 2.56 bits per heavy atom. The molecule has 0 bridgehead atoms. The van der Waals surface area contributed by atoms with Gasteiger partial charge in [-0.2, -0.15) is 0 Å². The van der Waals surface area contributed by atoms with Gasteiger partial charge in [0.15, 0.2) is 5.75 Å². The summed E-state index contributed by atoms with van der Waals surface area (Å²) in [4.78, 5) is 13.0. The lowest BCUT2D eigenvalue weighted by atomic mass is 10.2. The molecule has 100 valence electrons. The van der Waals surface area contributed by atoms with Crippen molar-refractivity contribution in [1.29, 1.82) is 0 Å². The molecule has 0 spiro atoms. The number of methoxy groups -OCH3 is 1. The van der Waals surface area contributed by atoms with Crippen LogP contribution in [0.3, 0.4) is 0 Å². The van der Waals surface area contributed by atoms with Gasteiger partial charge in [-0.3, -0.25) is 10.1 Å². The molecule has 0 saturated heterocycles. The van der Waals surface area contributed by atoms with Gasteiger partial charge >= 0.3 is 12.0 Å². The van der Waals surface area contributed by atoms with E-state index in [0.29, 0.717) is 6.20 Å². The van der Waals surface area contributed by atoms with Gasteiger partial charge < -0.3 is 14.6 Å². The molecule has 1 N–H and O–H groups in total. The molecule has 0 aliphatic heterocycles. The summed E-state index contributed by atoms with van der Waals surface area (Å²) in [5.41, 5.74) is -1.30. The minimum Gasteiger partial charge on any atom is -0.487 e. The molecular formula is C8H7F3N2O5. The average Bonchev–Trinajstić information content (AvgIpc) is 2.26. The largest absolute Gasteiger partial charge is 0.573 e. The van der Waals surface area contributed by atoms with Crippen molar-refractivity contribution in [3.8, 4) is 11.5 Å². The Labute approximate surface area is 97.9 Å². The number of aliphatic hydroxyl groups is 1. The second kappa shape index (κ2) is 5.04. The number of aromatic nitrogens is 1. The fourth-order valence-electron chi connectivity index (χ4n) is 1.20. The average molecular weight is 268 g/mol. The van der Waals surface area contributed by atoms with E-state index in [4.69, 9.17) is 5.11 Å². The summed E-state index contributed by atoms with van der Waals surface area (Å²) in [5, 5.41) is 19.5. The SMILES string of the molecule is COc1c(OC(F)(F)F)cnc(CO)c1[N+](=O)[O-]. The van der Waals surface area contributed by atoms with Crippen LogP contribution in [-0.2, 0) is 6.61 Å². The van der Waals surface area contributed by atoms with Crippen LogP contribution in [0.15, 0.2) is 6.20 Å². The van der Waals surface area contributed by atoms with E-state index < -0.39 is 40.8 Å². The molecular weight excluding hydrogens is 261 g/mol. The molecule has 7 nitrogen and oxygen atoms in total. The number of nitrogens with zero attached hydrogens (tertiary/aromatic N) is 2. The van der Waals surface area contributed by atoms with Gasteiger partial charge in [0.2, 0.25) is 5.75 Å². The highest BCUT2D eigenvalue weighted by atomic mass is 19.4. The highest BCUT2D eigenvalue weighted by Gasteiger charge is 2.36. The van der Waals surface area contributed by atoms with Gasteiger partial charge in [-0.05, 0) is 0 Å². The molecule has 18 heavy (non-hydrogen) atoms. The van der Waals surface area contributed by atoms with Gasteiger partial charge in [-0.25, -0.2) is 4.98 Å². The number of hydrogen-bond donors (Lipinski definition) is 1. The Kier molecular flexibility index (Phi) is 3.91. The zero-order chi connectivity index (χ0) is 13.9. The van der Waals surface area contributed by atoms with Crippen molar-refractivity contribution >= 4 is 5.69 Å². The van der Waals surface area contributed by atoms with Crippen LogP contribution in [0.25, 0.3) is 0 Å². The lowest BCUT2D eigenvalue weighted by molar-refractivity contribution is -0.387. The van der Waals surface area contributed by atoms with E-state index in [-0.39, 0.29) is 0 Å². The third-order valence-corrected chi connectivity index (χ3v) is 1.81. The van der Waals surface area contributed by atoms with Crippen molar-refractivity contribution < 1.29 is 32.7 Å². The summed E-state index contributed by atoms with van der Waals surface area (Å²) in [7, 11) is 0.937. The van der Waals surface area contributed by atoms with Crippen LogP contribution >= 0.6 is 0 Å². The predicted molar refractivity (Wildman–Crippen MR) is 50.0 cm³/mol. The molecule has 0 aliphatic rings. The lowest BCUT2D eigenvalue weighted by Crippen LogP contribution is -2.18. The number of nitro groups is 1. The summed E-state index contributed by atoms with van der Waals surface area (Å²) in [6, 6.07) is 0. The zero-order valence-electron chi connectivity index (χ0n) is 8.89. The Morgan fingerprint density at radius 1 is 1.56 bits per heavy atom. The highest BCUT2D eigenvalue weighted by Crippen LogP contribution is 2.40. The predicted octanol–water partition coefficient (Wildman–Crippen LogP) is 1.39. The Bertz CT molecular complexity index is 463. The summed E-state index contributed by atoms with van der Waals surface area (Å²) in [5.74, 6) is -1.70. The standard InChI is InChI=1S/C8H7F3N2O5/c1-17-7-5(18-8(9,10)11)2-12-4(3-14)6(7)13(15)16/h2,14H,3H2,1H3. The molecule has 1 heterocycles. The maximum absolute atomic E-state index is 12.0. The monoisotopic (exact) mass is 268 g/mol. The Hall–Kier alpha value is -2.10. The third-order valence-electron chi connectivity index (χ3n) is 1.81. The van der Waals surface area contributed by atoms with Gasteiger partial charge in [0.25, 0.3) is 0 Å². The first kappa shape index (κ1) is 14.0. The van der Waals surface area contributed by atoms with Gasteiger partial charge in [0.1, 0.15) is 5.69 Å². The van der Waals surface area contributed by atoms with Crippen molar-refractivity contribution in [1.82, 2.24) is 4.98 Å². The number of pyridine rings is 1. The molecule has 1 aromatic rings. The summed E-state index contributed by atoms with van der Waals surface area (Å²) in [6.45, 7) is -0.820. The zero-order valence-corrected chi connectivity index (χ0v) is 8.89. The molecule has 1 aromatic heterocycles. The lowest BCUT2D eigenvalue weighted by Gasteiger charge is -2.12. The maximum Gasteiger partial charge on any atom is 0.573 e. The number of alkyl halides is 3. The molecule has 0 fully saturated rings. The topological polar surface area (TPSA) is 94.7 Å². The minimum atomic E-state index is -5.04. The van der Waals surface area contributed by atoms with Gasteiger partial charge in [-0.15, -0.1) is 13.2 Å². The van der Waals surface area contributed by atoms with Crippen LogP contribution in [0.4, 0.5) is 18.9 Å². The van der Waals surface area contributed by atoms with Crippen LogP contribution in [0, 0.1) is 10.1 Å². The fraction of sp³-hybridized carbons (Fsp3) is 0.375. The Balaban J connectivity index is 3.38. The third kappa shape index (κ3) is 2.97. The van der Waals surface area contributed by atoms with Crippen molar-refractivity contribution in [2.75, 3.05) is 7.11 Å². The van der Waals surface area contributed by atoms with Gasteiger partial charge in [-0.1, -0.05) is 0 Å². The number of ether oxygens (including phenoxy) is 2. The first-order valence-corrected chi connectivity index (χ1v) is 4.37. The maximum atomic E-state index is 12.0. The number of hydrogen-bond acceptors (Lipinski definition) is 6. The molecule has 1 rings (SSSR count). The quantitative estimate of drug-likeness (QED) is 0.655.